The van der Waals surface area contributed by atoms with Crippen molar-refractivity contribution < 1.29 is 14.7 Å². The van der Waals surface area contributed by atoms with Gasteiger partial charge in [-0.15, -0.1) is 0 Å². The summed E-state index contributed by atoms with van der Waals surface area (Å²) in [6.45, 7) is 0. The van der Waals surface area contributed by atoms with Gasteiger partial charge in [-0.2, -0.15) is 0 Å². The number of fused-ring (bicyclic) bond motifs is 1. The van der Waals surface area contributed by atoms with Gasteiger partial charge < -0.3 is 5.11 Å². The Balaban J connectivity index is 1.93. The summed E-state index contributed by atoms with van der Waals surface area (Å²) >= 11 is 0. The SMILES string of the molecule is O=C1C[C@@H](C(=O)O)c2ccc(C3CCCCC3)cc21. The molecule has 3 heteroatoms. The van der Waals surface area contributed by atoms with E-state index in [0.717, 1.165) is 0 Å². The number of carbonyl (C=O) groups excluding carboxylic acids is 1. The Hall–Kier alpha value is -1.64. The fourth-order valence-electron chi connectivity index (χ4n) is 3.43. The molecule has 1 N–H and O–H groups in total. The third-order valence-corrected chi connectivity index (χ3v) is 4.52. The van der Waals surface area contributed by atoms with Gasteiger partial charge in [0.15, 0.2) is 5.78 Å². The van der Waals surface area contributed by atoms with Crippen LogP contribution in [0.1, 0.15) is 71.8 Å². The lowest BCUT2D eigenvalue weighted by Gasteiger charge is -2.22. The Kier molecular flexibility index (Phi) is 3.13. The van der Waals surface area contributed by atoms with Gasteiger partial charge in [-0.1, -0.05) is 31.4 Å². The highest BCUT2D eigenvalue weighted by molar-refractivity contribution is 6.05. The minimum Gasteiger partial charge on any atom is -0.481 e. The van der Waals surface area contributed by atoms with Crippen molar-refractivity contribution in [1.82, 2.24) is 0 Å². The van der Waals surface area contributed by atoms with E-state index in [9.17, 15) is 9.59 Å². The van der Waals surface area contributed by atoms with E-state index >= 15 is 0 Å². The van der Waals surface area contributed by atoms with Crippen LogP contribution in [0.5, 0.6) is 0 Å². The Morgan fingerprint density at radius 1 is 1.16 bits per heavy atom. The molecule has 1 aromatic rings. The molecule has 2 aliphatic rings. The molecule has 1 saturated carbocycles. The molecule has 0 unspecified atom stereocenters. The van der Waals surface area contributed by atoms with Gasteiger partial charge in [0.2, 0.25) is 0 Å². The van der Waals surface area contributed by atoms with Gasteiger partial charge in [0.05, 0.1) is 5.92 Å². The monoisotopic (exact) mass is 258 g/mol. The summed E-state index contributed by atoms with van der Waals surface area (Å²) in [6, 6.07) is 5.85. The molecule has 0 aliphatic heterocycles. The van der Waals surface area contributed by atoms with Gasteiger partial charge in [-0.25, -0.2) is 0 Å². The van der Waals surface area contributed by atoms with Crippen LogP contribution in [0, 0.1) is 0 Å². The number of benzene rings is 1. The van der Waals surface area contributed by atoms with Crippen molar-refractivity contribution in [3.05, 3.63) is 34.9 Å². The van der Waals surface area contributed by atoms with E-state index in [2.05, 4.69) is 0 Å². The number of Topliss-reactive ketones (excluding diaryl/α,β-unsaturated/α-hetero) is 1. The van der Waals surface area contributed by atoms with Crippen LogP contribution in [-0.4, -0.2) is 16.9 Å². The number of carboxylic acids is 1. The average molecular weight is 258 g/mol. The smallest absolute Gasteiger partial charge is 0.311 e. The zero-order valence-corrected chi connectivity index (χ0v) is 10.9. The second-order valence-electron chi connectivity index (χ2n) is 5.70. The van der Waals surface area contributed by atoms with Gasteiger partial charge in [0, 0.05) is 12.0 Å². The molecule has 0 amide bonds. The largest absolute Gasteiger partial charge is 0.481 e. The average Bonchev–Trinajstić information content (AvgIpc) is 2.77. The van der Waals surface area contributed by atoms with E-state index in [1.807, 2.05) is 18.2 Å². The Bertz CT molecular complexity index is 527. The topological polar surface area (TPSA) is 54.4 Å². The van der Waals surface area contributed by atoms with E-state index in [1.165, 1.54) is 37.7 Å². The number of carbonyl (C=O) groups is 2. The van der Waals surface area contributed by atoms with Crippen molar-refractivity contribution in [2.75, 3.05) is 0 Å². The molecule has 3 nitrogen and oxygen atoms in total. The molecule has 1 atom stereocenters. The molecular weight excluding hydrogens is 240 g/mol. The van der Waals surface area contributed by atoms with Crippen molar-refractivity contribution in [2.24, 2.45) is 0 Å². The second-order valence-corrected chi connectivity index (χ2v) is 5.70. The molecular formula is C16H18O3. The molecule has 3 rings (SSSR count). The summed E-state index contributed by atoms with van der Waals surface area (Å²) in [7, 11) is 0. The van der Waals surface area contributed by atoms with E-state index in [-0.39, 0.29) is 12.2 Å². The molecule has 1 fully saturated rings. The first kappa shape index (κ1) is 12.4. The van der Waals surface area contributed by atoms with Gasteiger partial charge in [-0.3, -0.25) is 9.59 Å². The van der Waals surface area contributed by atoms with Crippen molar-refractivity contribution in [3.63, 3.8) is 0 Å². The maximum absolute atomic E-state index is 12.0. The van der Waals surface area contributed by atoms with E-state index in [4.69, 9.17) is 5.11 Å². The van der Waals surface area contributed by atoms with Crippen LogP contribution in [0.25, 0.3) is 0 Å². The number of hydrogen-bond acceptors (Lipinski definition) is 2. The van der Waals surface area contributed by atoms with Crippen LogP contribution in [0.3, 0.4) is 0 Å². The molecule has 0 radical (unpaired) electrons. The Morgan fingerprint density at radius 2 is 1.89 bits per heavy atom. The predicted octanol–water partition coefficient (Wildman–Crippen LogP) is 3.49. The van der Waals surface area contributed by atoms with E-state index in [0.29, 0.717) is 17.0 Å². The Labute approximate surface area is 112 Å². The van der Waals surface area contributed by atoms with Crippen LogP contribution in [0.2, 0.25) is 0 Å². The lowest BCUT2D eigenvalue weighted by Crippen LogP contribution is -2.08. The summed E-state index contributed by atoms with van der Waals surface area (Å²) in [5.74, 6) is -0.990. The summed E-state index contributed by atoms with van der Waals surface area (Å²) < 4.78 is 0. The zero-order chi connectivity index (χ0) is 13.4. The highest BCUT2D eigenvalue weighted by Gasteiger charge is 2.34. The molecule has 2 aliphatic carbocycles. The van der Waals surface area contributed by atoms with Gasteiger partial charge >= 0.3 is 5.97 Å². The number of carboxylic acid groups (broad SMARTS) is 1. The fraction of sp³-hybridized carbons (Fsp3) is 0.500. The first-order valence-corrected chi connectivity index (χ1v) is 7.06. The minimum atomic E-state index is -0.891. The third-order valence-electron chi connectivity index (χ3n) is 4.52. The van der Waals surface area contributed by atoms with Gasteiger partial charge in [0.1, 0.15) is 0 Å². The number of ketones is 1. The maximum atomic E-state index is 12.0. The standard InChI is InChI=1S/C16H18O3/c17-15-9-14(16(18)19)12-7-6-11(8-13(12)15)10-4-2-1-3-5-10/h6-8,10,14H,1-5,9H2,(H,18,19)/t14-/m1/s1. The van der Waals surface area contributed by atoms with Crippen LogP contribution in [-0.2, 0) is 4.79 Å². The first-order valence-electron chi connectivity index (χ1n) is 7.06. The fourth-order valence-corrected chi connectivity index (χ4v) is 3.43. The molecule has 0 aromatic heterocycles. The van der Waals surface area contributed by atoms with Crippen molar-refractivity contribution >= 4 is 11.8 Å². The van der Waals surface area contributed by atoms with Crippen LogP contribution < -0.4 is 0 Å². The predicted molar refractivity (Wildman–Crippen MR) is 71.6 cm³/mol. The van der Waals surface area contributed by atoms with E-state index < -0.39 is 11.9 Å². The lowest BCUT2D eigenvalue weighted by molar-refractivity contribution is -0.138. The lowest BCUT2D eigenvalue weighted by atomic mass is 9.83. The molecule has 100 valence electrons. The summed E-state index contributed by atoms with van der Waals surface area (Å²) in [4.78, 5) is 23.1. The number of rotatable bonds is 2. The number of hydrogen-bond donors (Lipinski definition) is 1. The molecule has 0 bridgehead atoms. The third kappa shape index (κ3) is 2.18. The van der Waals surface area contributed by atoms with Crippen molar-refractivity contribution in [2.45, 2.75) is 50.4 Å². The first-order chi connectivity index (χ1) is 9.16. The van der Waals surface area contributed by atoms with Crippen molar-refractivity contribution in [1.29, 1.82) is 0 Å². The molecule has 0 heterocycles. The minimum absolute atomic E-state index is 0.0138. The number of aliphatic carboxylic acids is 1. The summed E-state index contributed by atoms with van der Waals surface area (Å²) in [6.07, 6.45) is 6.33. The summed E-state index contributed by atoms with van der Waals surface area (Å²) in [5, 5.41) is 9.14. The highest BCUT2D eigenvalue weighted by Crippen LogP contribution is 2.38. The molecule has 0 saturated heterocycles. The summed E-state index contributed by atoms with van der Waals surface area (Å²) in [5.41, 5.74) is 2.57. The van der Waals surface area contributed by atoms with Gasteiger partial charge in [0.25, 0.3) is 0 Å². The Morgan fingerprint density at radius 3 is 2.58 bits per heavy atom. The maximum Gasteiger partial charge on any atom is 0.311 e. The van der Waals surface area contributed by atoms with Crippen LogP contribution in [0.15, 0.2) is 18.2 Å². The van der Waals surface area contributed by atoms with E-state index in [1.54, 1.807) is 0 Å². The van der Waals surface area contributed by atoms with Crippen LogP contribution >= 0.6 is 0 Å². The molecule has 1 aromatic carbocycles. The molecule has 0 spiro atoms. The normalized spacial score (nSPS) is 23.4. The quantitative estimate of drug-likeness (QED) is 0.883. The second kappa shape index (κ2) is 4.80. The van der Waals surface area contributed by atoms with Crippen molar-refractivity contribution in [3.8, 4) is 0 Å². The highest BCUT2D eigenvalue weighted by atomic mass is 16.4. The van der Waals surface area contributed by atoms with Crippen LogP contribution in [0.4, 0.5) is 0 Å². The van der Waals surface area contributed by atoms with Gasteiger partial charge in [-0.05, 0) is 36.0 Å². The zero-order valence-electron chi connectivity index (χ0n) is 10.9. The molecule has 19 heavy (non-hydrogen) atoms.